The van der Waals surface area contributed by atoms with E-state index in [1.54, 1.807) is 18.5 Å². The highest BCUT2D eigenvalue weighted by atomic mass is 16.5. The van der Waals surface area contributed by atoms with Crippen LogP contribution in [0.15, 0.2) is 72.2 Å². The number of Topliss-reactive ketones (excluding diaryl/α,β-unsaturated/α-hetero) is 1. The van der Waals surface area contributed by atoms with E-state index in [1.165, 1.54) is 0 Å². The van der Waals surface area contributed by atoms with Crippen LogP contribution in [0.25, 0.3) is 5.57 Å². The fourth-order valence-corrected chi connectivity index (χ4v) is 3.59. The smallest absolute Gasteiger partial charge is 0.287 e. The third-order valence-electron chi connectivity index (χ3n) is 4.73. The second-order valence-electron chi connectivity index (χ2n) is 8.08. The average Bonchev–Trinajstić information content (AvgIpc) is 3.23. The van der Waals surface area contributed by atoms with Gasteiger partial charge in [-0.15, -0.1) is 0 Å². The van der Waals surface area contributed by atoms with Crippen molar-refractivity contribution in [2.45, 2.75) is 45.8 Å². The number of rotatable bonds is 6. The summed E-state index contributed by atoms with van der Waals surface area (Å²) in [6, 6.07) is 7.03. The number of carbonyl (C=O) groups excluding carboxylic acids is 1. The van der Waals surface area contributed by atoms with E-state index in [4.69, 9.17) is 10.5 Å². The van der Waals surface area contributed by atoms with Crippen LogP contribution in [0.1, 0.15) is 56.2 Å². The van der Waals surface area contributed by atoms with Crippen molar-refractivity contribution >= 4 is 23.1 Å². The molecule has 2 aromatic rings. The Labute approximate surface area is 177 Å². The van der Waals surface area contributed by atoms with Crippen LogP contribution >= 0.6 is 0 Å². The number of hydrogen-bond acceptors (Lipinski definition) is 4. The van der Waals surface area contributed by atoms with Crippen molar-refractivity contribution in [1.82, 2.24) is 9.55 Å². The number of nitrogens with zero attached hydrogens (tertiary/aromatic N) is 3. The number of ether oxygens (including phenoxy) is 1. The Morgan fingerprint density at radius 2 is 2.10 bits per heavy atom. The first-order valence-electron chi connectivity index (χ1n) is 9.92. The highest BCUT2D eigenvalue weighted by Gasteiger charge is 2.30. The molecule has 0 saturated carbocycles. The summed E-state index contributed by atoms with van der Waals surface area (Å²) in [4.78, 5) is 21.9. The molecule has 156 valence electrons. The molecule has 1 aliphatic rings. The predicted octanol–water partition coefficient (Wildman–Crippen LogP) is 4.99. The maximum absolute atomic E-state index is 13.3. The average molecular weight is 405 g/mol. The SMILES string of the molecule is C=CC1=C(/C=C\C)c2cncn2C1CC(=O)c1ccccc1N=C(N)OC(C)(C)C. The van der Waals surface area contributed by atoms with Gasteiger partial charge in [0.15, 0.2) is 5.78 Å². The number of carbonyl (C=O) groups is 1. The zero-order valence-electron chi connectivity index (χ0n) is 17.9. The number of amidine groups is 1. The summed E-state index contributed by atoms with van der Waals surface area (Å²) < 4.78 is 7.62. The molecule has 1 atom stereocenters. The highest BCUT2D eigenvalue weighted by Crippen LogP contribution is 2.40. The minimum absolute atomic E-state index is 0.0301. The number of aliphatic imine (C=N–C) groups is 1. The molecule has 0 aliphatic carbocycles. The Morgan fingerprint density at radius 3 is 2.77 bits per heavy atom. The molecular weight excluding hydrogens is 376 g/mol. The zero-order chi connectivity index (χ0) is 21.9. The minimum atomic E-state index is -0.471. The molecular formula is C24H28N4O2. The largest absolute Gasteiger partial charge is 0.459 e. The van der Waals surface area contributed by atoms with Crippen molar-refractivity contribution in [2.75, 3.05) is 0 Å². The summed E-state index contributed by atoms with van der Waals surface area (Å²) in [5, 5.41) is 0. The lowest BCUT2D eigenvalue weighted by Crippen LogP contribution is -2.29. The molecule has 0 saturated heterocycles. The number of nitrogens with two attached hydrogens (primary N) is 1. The first kappa shape index (κ1) is 21.3. The minimum Gasteiger partial charge on any atom is -0.459 e. The van der Waals surface area contributed by atoms with Gasteiger partial charge < -0.3 is 15.0 Å². The number of imidazole rings is 1. The molecule has 3 rings (SSSR count). The molecule has 1 aliphatic heterocycles. The third-order valence-corrected chi connectivity index (χ3v) is 4.73. The number of hydrogen-bond donors (Lipinski definition) is 1. The van der Waals surface area contributed by atoms with Crippen LogP contribution in [0.5, 0.6) is 0 Å². The standard InChI is InChI=1S/C24H28N4O2/c1-6-10-17-16(7-2)20(28-15-26-14-21(17)28)13-22(29)18-11-8-9-12-19(18)27-23(25)30-24(3,4)5/h6-12,14-15,20H,2,13H2,1,3-5H3,(H2,25,27)/b10-6-. The van der Waals surface area contributed by atoms with Gasteiger partial charge in [0.05, 0.1) is 29.9 Å². The van der Waals surface area contributed by atoms with E-state index in [0.29, 0.717) is 11.3 Å². The Hall–Kier alpha value is -3.41. The number of aromatic nitrogens is 2. The maximum Gasteiger partial charge on any atom is 0.287 e. The van der Waals surface area contributed by atoms with Crippen LogP contribution in [0.2, 0.25) is 0 Å². The van der Waals surface area contributed by atoms with Crippen molar-refractivity contribution in [3.8, 4) is 0 Å². The molecule has 2 N–H and O–H groups in total. The molecule has 1 aromatic heterocycles. The zero-order valence-corrected chi connectivity index (χ0v) is 17.9. The molecule has 1 aromatic carbocycles. The lowest BCUT2D eigenvalue weighted by molar-refractivity contribution is 0.0971. The summed E-state index contributed by atoms with van der Waals surface area (Å²) in [5.74, 6) is -0.0383. The summed E-state index contributed by atoms with van der Waals surface area (Å²) in [7, 11) is 0. The number of benzene rings is 1. The van der Waals surface area contributed by atoms with E-state index in [0.717, 1.165) is 16.8 Å². The van der Waals surface area contributed by atoms with E-state index in [-0.39, 0.29) is 24.3 Å². The van der Waals surface area contributed by atoms with Gasteiger partial charge in [-0.3, -0.25) is 4.79 Å². The van der Waals surface area contributed by atoms with Crippen LogP contribution in [-0.4, -0.2) is 27.0 Å². The molecule has 2 heterocycles. The summed E-state index contributed by atoms with van der Waals surface area (Å²) in [6.45, 7) is 11.6. The monoisotopic (exact) mass is 404 g/mol. The normalized spacial score (nSPS) is 16.8. The van der Waals surface area contributed by atoms with E-state index in [1.807, 2.05) is 68.8 Å². The van der Waals surface area contributed by atoms with Crippen LogP contribution in [-0.2, 0) is 4.74 Å². The highest BCUT2D eigenvalue weighted by molar-refractivity contribution is 6.02. The van der Waals surface area contributed by atoms with Crippen molar-refractivity contribution in [2.24, 2.45) is 10.7 Å². The molecule has 6 nitrogen and oxygen atoms in total. The van der Waals surface area contributed by atoms with Gasteiger partial charge in [0.2, 0.25) is 0 Å². The molecule has 0 spiro atoms. The van der Waals surface area contributed by atoms with E-state index >= 15 is 0 Å². The number of ketones is 1. The quantitative estimate of drug-likeness (QED) is 0.418. The van der Waals surface area contributed by atoms with Gasteiger partial charge in [-0.2, -0.15) is 4.99 Å². The lowest BCUT2D eigenvalue weighted by atomic mass is 9.95. The van der Waals surface area contributed by atoms with Gasteiger partial charge >= 0.3 is 0 Å². The van der Waals surface area contributed by atoms with Gasteiger partial charge in [0.25, 0.3) is 6.02 Å². The molecule has 1 unspecified atom stereocenters. The second-order valence-corrected chi connectivity index (χ2v) is 8.08. The van der Waals surface area contributed by atoms with Crippen LogP contribution < -0.4 is 5.73 Å². The van der Waals surface area contributed by atoms with E-state index in [9.17, 15) is 4.79 Å². The van der Waals surface area contributed by atoms with Gasteiger partial charge in [-0.1, -0.05) is 36.9 Å². The maximum atomic E-state index is 13.3. The molecule has 0 fully saturated rings. The second kappa shape index (κ2) is 8.53. The van der Waals surface area contributed by atoms with E-state index < -0.39 is 5.60 Å². The fraction of sp³-hybridized carbons (Fsp3) is 0.292. The van der Waals surface area contributed by atoms with Gasteiger partial charge in [-0.05, 0) is 45.4 Å². The number of fused-ring (bicyclic) bond motifs is 1. The van der Waals surface area contributed by atoms with Gasteiger partial charge in [0.1, 0.15) is 5.60 Å². The molecule has 0 bridgehead atoms. The topological polar surface area (TPSA) is 82.5 Å². The summed E-state index contributed by atoms with van der Waals surface area (Å²) in [6.07, 6.45) is 9.65. The predicted molar refractivity (Wildman–Crippen MR) is 121 cm³/mol. The molecule has 0 radical (unpaired) electrons. The lowest BCUT2D eigenvalue weighted by Gasteiger charge is -2.20. The van der Waals surface area contributed by atoms with Crippen molar-refractivity contribution in [3.63, 3.8) is 0 Å². The Bertz CT molecular complexity index is 1050. The number of allylic oxidation sites excluding steroid dienone is 5. The molecule has 6 heteroatoms. The van der Waals surface area contributed by atoms with Crippen molar-refractivity contribution in [3.05, 3.63) is 78.4 Å². The molecule has 30 heavy (non-hydrogen) atoms. The van der Waals surface area contributed by atoms with Gasteiger partial charge in [-0.25, -0.2) is 4.98 Å². The van der Waals surface area contributed by atoms with Crippen molar-refractivity contribution in [1.29, 1.82) is 0 Å². The third kappa shape index (κ3) is 4.43. The van der Waals surface area contributed by atoms with Crippen molar-refractivity contribution < 1.29 is 9.53 Å². The van der Waals surface area contributed by atoms with Crippen LogP contribution in [0.4, 0.5) is 5.69 Å². The summed E-state index contributed by atoms with van der Waals surface area (Å²) >= 11 is 0. The number of para-hydroxylation sites is 1. The van der Waals surface area contributed by atoms with Gasteiger partial charge in [0, 0.05) is 17.6 Å². The summed E-state index contributed by atoms with van der Waals surface area (Å²) in [5.41, 5.74) is 9.50. The van der Waals surface area contributed by atoms with Crippen LogP contribution in [0.3, 0.4) is 0 Å². The van der Waals surface area contributed by atoms with Crippen LogP contribution in [0, 0.1) is 0 Å². The van der Waals surface area contributed by atoms with E-state index in [2.05, 4.69) is 16.6 Å². The Kier molecular flexibility index (Phi) is 6.06. The first-order valence-corrected chi connectivity index (χ1v) is 9.92. The Morgan fingerprint density at radius 1 is 1.37 bits per heavy atom. The fourth-order valence-electron chi connectivity index (χ4n) is 3.59. The Balaban J connectivity index is 1.93. The molecule has 0 amide bonds. The first-order chi connectivity index (χ1) is 14.2.